The van der Waals surface area contributed by atoms with Gasteiger partial charge in [-0.15, -0.1) is 0 Å². The van der Waals surface area contributed by atoms with Crippen LogP contribution in [0.4, 0.5) is 0 Å². The predicted octanol–water partition coefficient (Wildman–Crippen LogP) is 4.87. The standard InChI is InChI=1S/C24H54N4/c1-10-22(11-2,21-26-20-19-25)28(18-9)24(14-5,15-6)23(12-3,13-4)27(16-7)17-8/h26H,10-21,25H2,1-9H3. The van der Waals surface area contributed by atoms with Crippen LogP contribution in [0.2, 0.25) is 0 Å². The molecule has 4 heteroatoms. The Morgan fingerprint density at radius 1 is 0.643 bits per heavy atom. The number of nitrogens with two attached hydrogens (primary N) is 1. The molecule has 0 bridgehead atoms. The maximum Gasteiger partial charge on any atom is 0.0393 e. The molecule has 28 heavy (non-hydrogen) atoms. The van der Waals surface area contributed by atoms with Crippen molar-refractivity contribution in [2.75, 3.05) is 39.3 Å². The summed E-state index contributed by atoms with van der Waals surface area (Å²) in [6, 6.07) is 0. The van der Waals surface area contributed by atoms with Crippen molar-refractivity contribution in [3.8, 4) is 0 Å². The predicted molar refractivity (Wildman–Crippen MR) is 127 cm³/mol. The first-order valence-electron chi connectivity index (χ1n) is 12.3. The van der Waals surface area contributed by atoms with Crippen molar-refractivity contribution in [2.45, 2.75) is 117 Å². The third kappa shape index (κ3) is 4.94. The van der Waals surface area contributed by atoms with E-state index in [9.17, 15) is 0 Å². The zero-order chi connectivity index (χ0) is 21.8. The second-order valence-electron chi connectivity index (χ2n) is 8.29. The lowest BCUT2D eigenvalue weighted by atomic mass is 9.65. The van der Waals surface area contributed by atoms with Crippen molar-refractivity contribution in [2.24, 2.45) is 5.73 Å². The van der Waals surface area contributed by atoms with Crippen LogP contribution < -0.4 is 11.1 Å². The van der Waals surface area contributed by atoms with E-state index in [2.05, 4.69) is 77.4 Å². The fourth-order valence-electron chi connectivity index (χ4n) is 6.51. The molecule has 0 spiro atoms. The molecular weight excluding hydrogens is 344 g/mol. The van der Waals surface area contributed by atoms with Gasteiger partial charge in [-0.2, -0.15) is 0 Å². The average molecular weight is 399 g/mol. The van der Waals surface area contributed by atoms with E-state index in [1.807, 2.05) is 0 Å². The molecule has 0 aliphatic rings. The molecular formula is C24H54N4. The van der Waals surface area contributed by atoms with E-state index in [1.165, 1.54) is 38.5 Å². The van der Waals surface area contributed by atoms with Gasteiger partial charge >= 0.3 is 0 Å². The maximum absolute atomic E-state index is 5.79. The molecule has 170 valence electrons. The van der Waals surface area contributed by atoms with Gasteiger partial charge in [0.05, 0.1) is 0 Å². The lowest BCUT2D eigenvalue weighted by Gasteiger charge is -2.64. The van der Waals surface area contributed by atoms with Crippen LogP contribution in [0.5, 0.6) is 0 Å². The van der Waals surface area contributed by atoms with Gasteiger partial charge in [0.25, 0.3) is 0 Å². The highest BCUT2D eigenvalue weighted by Crippen LogP contribution is 2.48. The summed E-state index contributed by atoms with van der Waals surface area (Å²) >= 11 is 0. The minimum atomic E-state index is 0.160. The molecule has 0 aliphatic carbocycles. The van der Waals surface area contributed by atoms with Crippen molar-refractivity contribution in [3.63, 3.8) is 0 Å². The lowest BCUT2D eigenvalue weighted by Crippen LogP contribution is -2.75. The van der Waals surface area contributed by atoms with Crippen molar-refractivity contribution in [1.82, 2.24) is 15.1 Å². The number of rotatable bonds is 17. The Morgan fingerprint density at radius 3 is 1.39 bits per heavy atom. The molecule has 0 saturated carbocycles. The molecule has 0 aromatic heterocycles. The molecule has 0 heterocycles. The molecule has 0 saturated heterocycles. The zero-order valence-electron chi connectivity index (χ0n) is 21.0. The molecule has 4 nitrogen and oxygen atoms in total. The second kappa shape index (κ2) is 13.2. The summed E-state index contributed by atoms with van der Waals surface area (Å²) in [6.07, 6.45) is 7.10. The third-order valence-electron chi connectivity index (χ3n) is 8.07. The SMILES string of the molecule is CCN(CC)C(CC)(CC)C(CC)(CC)N(CC)C(CC)(CC)CNCCN. The Balaban J connectivity index is 6.61. The molecule has 0 fully saturated rings. The van der Waals surface area contributed by atoms with Crippen LogP contribution in [0.25, 0.3) is 0 Å². The smallest absolute Gasteiger partial charge is 0.0393 e. The summed E-state index contributed by atoms with van der Waals surface area (Å²) in [7, 11) is 0. The number of hydrogen-bond acceptors (Lipinski definition) is 4. The van der Waals surface area contributed by atoms with Gasteiger partial charge in [0.15, 0.2) is 0 Å². The van der Waals surface area contributed by atoms with Gasteiger partial charge in [-0.3, -0.25) is 9.80 Å². The molecule has 0 aliphatic heterocycles. The zero-order valence-corrected chi connectivity index (χ0v) is 21.0. The Kier molecular flexibility index (Phi) is 13.1. The normalized spacial score (nSPS) is 13.7. The monoisotopic (exact) mass is 398 g/mol. The molecule has 3 N–H and O–H groups in total. The Labute approximate surface area is 178 Å². The topological polar surface area (TPSA) is 44.5 Å². The Morgan fingerprint density at radius 2 is 1.11 bits per heavy atom. The largest absolute Gasteiger partial charge is 0.329 e. The third-order valence-corrected chi connectivity index (χ3v) is 8.07. The summed E-state index contributed by atoms with van der Waals surface area (Å²) in [5, 5.41) is 3.68. The summed E-state index contributed by atoms with van der Waals surface area (Å²) in [4.78, 5) is 5.70. The second-order valence-corrected chi connectivity index (χ2v) is 8.29. The first kappa shape index (κ1) is 27.8. The minimum Gasteiger partial charge on any atom is -0.329 e. The Bertz CT molecular complexity index is 380. The van der Waals surface area contributed by atoms with E-state index in [4.69, 9.17) is 5.73 Å². The van der Waals surface area contributed by atoms with Crippen LogP contribution in [0.15, 0.2) is 0 Å². The molecule has 0 atom stereocenters. The van der Waals surface area contributed by atoms with Gasteiger partial charge in [-0.25, -0.2) is 0 Å². The first-order valence-corrected chi connectivity index (χ1v) is 12.3. The van der Waals surface area contributed by atoms with Gasteiger partial charge in [0.1, 0.15) is 0 Å². The van der Waals surface area contributed by atoms with Crippen LogP contribution >= 0.6 is 0 Å². The number of hydrogen-bond donors (Lipinski definition) is 2. The van der Waals surface area contributed by atoms with Crippen LogP contribution in [-0.2, 0) is 0 Å². The lowest BCUT2D eigenvalue weighted by molar-refractivity contribution is -0.129. The Hall–Kier alpha value is -0.160. The highest BCUT2D eigenvalue weighted by atomic mass is 15.3. The van der Waals surface area contributed by atoms with E-state index >= 15 is 0 Å². The van der Waals surface area contributed by atoms with E-state index in [0.29, 0.717) is 6.54 Å². The van der Waals surface area contributed by atoms with Gasteiger partial charge in [0, 0.05) is 36.3 Å². The van der Waals surface area contributed by atoms with Crippen molar-refractivity contribution in [1.29, 1.82) is 0 Å². The van der Waals surface area contributed by atoms with E-state index in [-0.39, 0.29) is 16.6 Å². The van der Waals surface area contributed by atoms with Crippen molar-refractivity contribution < 1.29 is 0 Å². The quantitative estimate of drug-likeness (QED) is 0.343. The van der Waals surface area contributed by atoms with Crippen LogP contribution in [0.1, 0.15) is 101 Å². The molecule has 0 aromatic rings. The van der Waals surface area contributed by atoms with E-state index < -0.39 is 0 Å². The highest BCUT2D eigenvalue weighted by molar-refractivity contribution is 5.14. The molecule has 0 amide bonds. The van der Waals surface area contributed by atoms with E-state index in [1.54, 1.807) is 0 Å². The molecule has 0 aromatic carbocycles. The number of nitrogens with one attached hydrogen (secondary N) is 1. The molecule has 0 radical (unpaired) electrons. The van der Waals surface area contributed by atoms with Crippen LogP contribution in [-0.4, -0.2) is 65.7 Å². The molecule has 0 rings (SSSR count). The fraction of sp³-hybridized carbons (Fsp3) is 1.00. The van der Waals surface area contributed by atoms with Crippen LogP contribution in [0, 0.1) is 0 Å². The van der Waals surface area contributed by atoms with Gasteiger partial charge < -0.3 is 11.1 Å². The number of likely N-dealkylation sites (N-methyl/N-ethyl adjacent to an activating group) is 2. The van der Waals surface area contributed by atoms with E-state index in [0.717, 1.165) is 32.7 Å². The summed E-state index contributed by atoms with van der Waals surface area (Å²) in [6.45, 7) is 27.5. The molecule has 0 unspecified atom stereocenters. The van der Waals surface area contributed by atoms with Gasteiger partial charge in [-0.1, -0.05) is 62.3 Å². The summed E-state index contributed by atoms with van der Waals surface area (Å²) in [5.41, 5.74) is 6.31. The number of nitrogens with zero attached hydrogens (tertiary/aromatic N) is 2. The summed E-state index contributed by atoms with van der Waals surface area (Å²) < 4.78 is 0. The first-order chi connectivity index (χ1) is 13.4. The summed E-state index contributed by atoms with van der Waals surface area (Å²) in [5.74, 6) is 0. The highest BCUT2D eigenvalue weighted by Gasteiger charge is 2.56. The van der Waals surface area contributed by atoms with Crippen LogP contribution in [0.3, 0.4) is 0 Å². The van der Waals surface area contributed by atoms with Gasteiger partial charge in [-0.05, 0) is 58.2 Å². The van der Waals surface area contributed by atoms with Gasteiger partial charge in [0.2, 0.25) is 0 Å². The maximum atomic E-state index is 5.79. The fourth-order valence-corrected chi connectivity index (χ4v) is 6.51. The average Bonchev–Trinajstić information content (AvgIpc) is 2.74. The minimum absolute atomic E-state index is 0.160. The van der Waals surface area contributed by atoms with Crippen molar-refractivity contribution in [3.05, 3.63) is 0 Å². The van der Waals surface area contributed by atoms with Crippen molar-refractivity contribution >= 4 is 0 Å².